The molecular weight excluding hydrogens is 188 g/mol. The van der Waals surface area contributed by atoms with E-state index < -0.39 is 6.43 Å². The summed E-state index contributed by atoms with van der Waals surface area (Å²) in [5, 5.41) is 8.45. The van der Waals surface area contributed by atoms with Crippen molar-refractivity contribution in [1.29, 1.82) is 5.26 Å². The standard InChI is InChI=1S/C10H9F2NO/c1-14-8-2-3-9(10(11)12)7(6-8)4-5-13/h2-3,6,10H,4H2,1H3. The maximum atomic E-state index is 12.4. The highest BCUT2D eigenvalue weighted by Gasteiger charge is 2.13. The van der Waals surface area contributed by atoms with Gasteiger partial charge in [0, 0.05) is 5.56 Å². The molecule has 0 aliphatic carbocycles. The monoisotopic (exact) mass is 197 g/mol. The largest absolute Gasteiger partial charge is 0.497 e. The molecule has 0 fully saturated rings. The normalized spacial score (nSPS) is 9.93. The average molecular weight is 197 g/mol. The van der Waals surface area contributed by atoms with Gasteiger partial charge in [0.2, 0.25) is 0 Å². The van der Waals surface area contributed by atoms with Crippen LogP contribution in [0.25, 0.3) is 0 Å². The molecule has 0 radical (unpaired) electrons. The van der Waals surface area contributed by atoms with Crippen LogP contribution in [0.4, 0.5) is 8.78 Å². The fraction of sp³-hybridized carbons (Fsp3) is 0.300. The molecule has 2 nitrogen and oxygen atoms in total. The molecule has 14 heavy (non-hydrogen) atoms. The molecule has 0 saturated heterocycles. The summed E-state index contributed by atoms with van der Waals surface area (Å²) < 4.78 is 29.8. The molecule has 0 aliphatic heterocycles. The predicted molar refractivity (Wildman–Crippen MR) is 47.3 cm³/mol. The first-order valence-electron chi connectivity index (χ1n) is 4.01. The molecule has 0 bridgehead atoms. The van der Waals surface area contributed by atoms with Gasteiger partial charge in [0.25, 0.3) is 6.43 Å². The second-order valence-electron chi connectivity index (χ2n) is 2.70. The fourth-order valence-electron chi connectivity index (χ4n) is 1.16. The molecular formula is C10H9F2NO. The van der Waals surface area contributed by atoms with Crippen molar-refractivity contribution in [2.75, 3.05) is 7.11 Å². The Balaban J connectivity index is 3.11. The minimum Gasteiger partial charge on any atom is -0.497 e. The number of ether oxygens (including phenoxy) is 1. The van der Waals surface area contributed by atoms with Crippen LogP contribution in [0.1, 0.15) is 17.6 Å². The zero-order valence-electron chi connectivity index (χ0n) is 7.63. The highest BCUT2D eigenvalue weighted by molar-refractivity contribution is 5.37. The number of hydrogen-bond acceptors (Lipinski definition) is 2. The quantitative estimate of drug-likeness (QED) is 0.746. The van der Waals surface area contributed by atoms with Gasteiger partial charge in [-0.05, 0) is 23.8 Å². The summed E-state index contributed by atoms with van der Waals surface area (Å²) >= 11 is 0. The Hall–Kier alpha value is -1.63. The molecule has 0 N–H and O–H groups in total. The third-order valence-corrected chi connectivity index (χ3v) is 1.85. The summed E-state index contributed by atoms with van der Waals surface area (Å²) in [7, 11) is 1.45. The van der Waals surface area contributed by atoms with Crippen molar-refractivity contribution in [3.63, 3.8) is 0 Å². The van der Waals surface area contributed by atoms with E-state index in [1.165, 1.54) is 25.3 Å². The van der Waals surface area contributed by atoms with Crippen molar-refractivity contribution < 1.29 is 13.5 Å². The zero-order valence-corrected chi connectivity index (χ0v) is 7.63. The lowest BCUT2D eigenvalue weighted by Gasteiger charge is -2.07. The topological polar surface area (TPSA) is 33.0 Å². The van der Waals surface area contributed by atoms with Gasteiger partial charge in [-0.15, -0.1) is 0 Å². The summed E-state index contributed by atoms with van der Waals surface area (Å²) in [6.45, 7) is 0. The fourth-order valence-corrected chi connectivity index (χ4v) is 1.16. The Bertz CT molecular complexity index is 358. The van der Waals surface area contributed by atoms with E-state index in [0.717, 1.165) is 0 Å². The number of hydrogen-bond donors (Lipinski definition) is 0. The Kier molecular flexibility index (Phi) is 3.41. The smallest absolute Gasteiger partial charge is 0.264 e. The Morgan fingerprint density at radius 1 is 1.50 bits per heavy atom. The molecule has 0 amide bonds. The van der Waals surface area contributed by atoms with Crippen molar-refractivity contribution in [1.82, 2.24) is 0 Å². The summed E-state index contributed by atoms with van der Waals surface area (Å²) in [4.78, 5) is 0. The van der Waals surface area contributed by atoms with E-state index in [-0.39, 0.29) is 12.0 Å². The molecule has 0 atom stereocenters. The highest BCUT2D eigenvalue weighted by Crippen LogP contribution is 2.26. The Labute approximate surface area is 80.7 Å². The van der Waals surface area contributed by atoms with E-state index in [2.05, 4.69) is 0 Å². The molecule has 0 heterocycles. The van der Waals surface area contributed by atoms with E-state index >= 15 is 0 Å². The van der Waals surface area contributed by atoms with Crippen LogP contribution in [0.2, 0.25) is 0 Å². The second-order valence-corrected chi connectivity index (χ2v) is 2.70. The third-order valence-electron chi connectivity index (χ3n) is 1.85. The van der Waals surface area contributed by atoms with Gasteiger partial charge in [-0.25, -0.2) is 8.78 Å². The van der Waals surface area contributed by atoms with Crippen molar-refractivity contribution >= 4 is 0 Å². The lowest BCUT2D eigenvalue weighted by atomic mass is 10.1. The van der Waals surface area contributed by atoms with E-state index in [1.54, 1.807) is 0 Å². The van der Waals surface area contributed by atoms with Crippen LogP contribution in [0, 0.1) is 11.3 Å². The molecule has 1 rings (SSSR count). The zero-order chi connectivity index (χ0) is 10.6. The van der Waals surface area contributed by atoms with E-state index in [1.807, 2.05) is 6.07 Å². The van der Waals surface area contributed by atoms with Crippen LogP contribution in [0.3, 0.4) is 0 Å². The van der Waals surface area contributed by atoms with E-state index in [9.17, 15) is 8.78 Å². The van der Waals surface area contributed by atoms with Crippen LogP contribution in [-0.4, -0.2) is 7.11 Å². The van der Waals surface area contributed by atoms with Gasteiger partial charge in [0.15, 0.2) is 0 Å². The number of halogens is 2. The highest BCUT2D eigenvalue weighted by atomic mass is 19.3. The molecule has 1 aromatic rings. The average Bonchev–Trinajstić information content (AvgIpc) is 2.17. The Morgan fingerprint density at radius 3 is 2.71 bits per heavy atom. The first-order valence-corrected chi connectivity index (χ1v) is 4.01. The number of nitriles is 1. The van der Waals surface area contributed by atoms with Crippen LogP contribution in [0.15, 0.2) is 18.2 Å². The van der Waals surface area contributed by atoms with Crippen LogP contribution < -0.4 is 4.74 Å². The van der Waals surface area contributed by atoms with Gasteiger partial charge >= 0.3 is 0 Å². The number of benzene rings is 1. The van der Waals surface area contributed by atoms with Crippen LogP contribution >= 0.6 is 0 Å². The summed E-state index contributed by atoms with van der Waals surface area (Å²) in [5.41, 5.74) is 0.217. The van der Waals surface area contributed by atoms with Crippen molar-refractivity contribution in [3.05, 3.63) is 29.3 Å². The number of rotatable bonds is 3. The summed E-state index contributed by atoms with van der Waals surface area (Å²) in [6.07, 6.45) is -2.58. The van der Waals surface area contributed by atoms with Gasteiger partial charge in [0.1, 0.15) is 5.75 Å². The second kappa shape index (κ2) is 4.56. The van der Waals surface area contributed by atoms with Gasteiger partial charge in [-0.1, -0.05) is 0 Å². The first-order chi connectivity index (χ1) is 6.69. The molecule has 0 saturated carbocycles. The summed E-state index contributed by atoms with van der Waals surface area (Å²) in [6, 6.07) is 6.05. The number of alkyl halides is 2. The molecule has 1 aromatic carbocycles. The summed E-state index contributed by atoms with van der Waals surface area (Å²) in [5.74, 6) is 0.486. The molecule has 74 valence electrons. The third kappa shape index (κ3) is 2.19. The van der Waals surface area contributed by atoms with Crippen LogP contribution in [0.5, 0.6) is 5.75 Å². The van der Waals surface area contributed by atoms with Crippen molar-refractivity contribution in [2.24, 2.45) is 0 Å². The Morgan fingerprint density at radius 2 is 2.21 bits per heavy atom. The van der Waals surface area contributed by atoms with Crippen molar-refractivity contribution in [3.8, 4) is 11.8 Å². The van der Waals surface area contributed by atoms with E-state index in [4.69, 9.17) is 10.00 Å². The van der Waals surface area contributed by atoms with Gasteiger partial charge in [-0.2, -0.15) is 5.26 Å². The molecule has 0 unspecified atom stereocenters. The van der Waals surface area contributed by atoms with Gasteiger partial charge in [-0.3, -0.25) is 0 Å². The predicted octanol–water partition coefficient (Wildman–Crippen LogP) is 2.70. The van der Waals surface area contributed by atoms with Crippen LogP contribution in [-0.2, 0) is 6.42 Å². The lowest BCUT2D eigenvalue weighted by Crippen LogP contribution is -1.95. The number of methoxy groups -OCH3 is 1. The maximum absolute atomic E-state index is 12.4. The molecule has 0 aromatic heterocycles. The van der Waals surface area contributed by atoms with Gasteiger partial charge < -0.3 is 4.74 Å². The lowest BCUT2D eigenvalue weighted by molar-refractivity contribution is 0.150. The number of nitrogens with zero attached hydrogens (tertiary/aromatic N) is 1. The minimum absolute atomic E-state index is 0.0309. The van der Waals surface area contributed by atoms with E-state index in [0.29, 0.717) is 11.3 Å². The minimum atomic E-state index is -2.55. The maximum Gasteiger partial charge on any atom is 0.264 e. The SMILES string of the molecule is COc1ccc(C(F)F)c(CC#N)c1. The molecule has 0 spiro atoms. The molecule has 4 heteroatoms. The first kappa shape index (κ1) is 10.5. The van der Waals surface area contributed by atoms with Gasteiger partial charge in [0.05, 0.1) is 19.6 Å². The van der Waals surface area contributed by atoms with Crippen molar-refractivity contribution in [2.45, 2.75) is 12.8 Å². The molecule has 0 aliphatic rings.